The fourth-order valence-corrected chi connectivity index (χ4v) is 4.48. The van der Waals surface area contributed by atoms with Crippen LogP contribution in [0.5, 0.6) is 0 Å². The van der Waals surface area contributed by atoms with Crippen LogP contribution in [-0.2, 0) is 33.8 Å². The number of morpholine rings is 1. The molecule has 1 N–H and O–H groups in total. The van der Waals surface area contributed by atoms with Gasteiger partial charge in [-0.25, -0.2) is 0 Å². The normalized spacial score (nSPS) is 19.0. The Bertz CT molecular complexity index is 953. The van der Waals surface area contributed by atoms with Gasteiger partial charge < -0.3 is 15.0 Å². The molecule has 2 amide bonds. The first-order valence-corrected chi connectivity index (χ1v) is 11.6. The first-order chi connectivity index (χ1) is 15.5. The number of hydrogen-bond acceptors (Lipinski definition) is 4. The van der Waals surface area contributed by atoms with Crippen molar-refractivity contribution in [1.82, 2.24) is 9.80 Å². The van der Waals surface area contributed by atoms with E-state index in [1.165, 1.54) is 0 Å². The van der Waals surface area contributed by atoms with Crippen molar-refractivity contribution in [2.45, 2.75) is 45.8 Å². The summed E-state index contributed by atoms with van der Waals surface area (Å²) in [7, 11) is 0. The van der Waals surface area contributed by atoms with Crippen molar-refractivity contribution < 1.29 is 14.3 Å². The predicted molar refractivity (Wildman–Crippen MR) is 125 cm³/mol. The summed E-state index contributed by atoms with van der Waals surface area (Å²) in [6, 6.07) is 15.6. The van der Waals surface area contributed by atoms with Crippen LogP contribution in [-0.4, -0.2) is 54.0 Å². The standard InChI is InChI=1S/C26H33N3O3/c1-19(2)14-25(30)29-18-22-8-4-3-7-21(22)16-24(29)26(31)27-23-9-5-6-20(15-23)17-28-10-12-32-13-11-28/h3-9,15,19,24H,10-14,16-18H2,1-2H3,(H,27,31). The topological polar surface area (TPSA) is 61.9 Å². The number of benzene rings is 2. The van der Waals surface area contributed by atoms with Crippen molar-refractivity contribution in [2.75, 3.05) is 31.6 Å². The largest absolute Gasteiger partial charge is 0.379 e. The highest BCUT2D eigenvalue weighted by atomic mass is 16.5. The number of hydrogen-bond donors (Lipinski definition) is 1. The van der Waals surface area contributed by atoms with Gasteiger partial charge in [0, 0.05) is 44.7 Å². The Morgan fingerprint density at radius 3 is 2.56 bits per heavy atom. The Balaban J connectivity index is 1.49. The Labute approximate surface area is 190 Å². The first kappa shape index (κ1) is 22.5. The van der Waals surface area contributed by atoms with Crippen molar-refractivity contribution >= 4 is 17.5 Å². The molecule has 4 rings (SSSR count). The van der Waals surface area contributed by atoms with E-state index in [4.69, 9.17) is 4.74 Å². The summed E-state index contributed by atoms with van der Waals surface area (Å²) in [6.45, 7) is 8.76. The summed E-state index contributed by atoms with van der Waals surface area (Å²) in [5, 5.41) is 3.08. The molecule has 0 aromatic heterocycles. The molecule has 6 nitrogen and oxygen atoms in total. The van der Waals surface area contributed by atoms with E-state index >= 15 is 0 Å². The van der Waals surface area contributed by atoms with E-state index in [2.05, 4.69) is 22.3 Å². The van der Waals surface area contributed by atoms with Crippen LogP contribution in [0.25, 0.3) is 0 Å². The molecule has 0 bridgehead atoms. The van der Waals surface area contributed by atoms with Gasteiger partial charge in [-0.3, -0.25) is 14.5 Å². The van der Waals surface area contributed by atoms with E-state index in [0.717, 1.165) is 55.2 Å². The summed E-state index contributed by atoms with van der Waals surface area (Å²) in [5.74, 6) is 0.163. The lowest BCUT2D eigenvalue weighted by atomic mass is 9.92. The number of anilines is 1. The van der Waals surface area contributed by atoms with Crippen LogP contribution >= 0.6 is 0 Å². The zero-order valence-corrected chi connectivity index (χ0v) is 19.0. The number of amides is 2. The SMILES string of the molecule is CC(C)CC(=O)N1Cc2ccccc2CC1C(=O)Nc1cccc(CN2CCOCC2)c1. The molecule has 1 atom stereocenters. The molecule has 0 aliphatic carbocycles. The number of ether oxygens (including phenoxy) is 1. The number of carbonyl (C=O) groups is 2. The Kier molecular flexibility index (Phi) is 7.22. The van der Waals surface area contributed by atoms with Crippen molar-refractivity contribution in [2.24, 2.45) is 5.92 Å². The molecule has 2 aliphatic rings. The zero-order valence-electron chi connectivity index (χ0n) is 19.0. The molecule has 2 aromatic carbocycles. The van der Waals surface area contributed by atoms with Gasteiger partial charge in [0.05, 0.1) is 13.2 Å². The zero-order chi connectivity index (χ0) is 22.5. The molecule has 32 heavy (non-hydrogen) atoms. The third-order valence-corrected chi connectivity index (χ3v) is 6.16. The highest BCUT2D eigenvalue weighted by Gasteiger charge is 2.34. The second-order valence-electron chi connectivity index (χ2n) is 9.19. The van der Waals surface area contributed by atoms with Crippen LogP contribution in [0, 0.1) is 5.92 Å². The molecule has 6 heteroatoms. The summed E-state index contributed by atoms with van der Waals surface area (Å²) in [5.41, 5.74) is 4.20. The number of carbonyl (C=O) groups excluding carboxylic acids is 2. The summed E-state index contributed by atoms with van der Waals surface area (Å²) < 4.78 is 5.43. The minimum atomic E-state index is -0.501. The van der Waals surface area contributed by atoms with Crippen LogP contribution in [0.15, 0.2) is 48.5 Å². The van der Waals surface area contributed by atoms with Gasteiger partial charge >= 0.3 is 0 Å². The van der Waals surface area contributed by atoms with Gasteiger partial charge in [-0.1, -0.05) is 50.2 Å². The molecule has 1 fully saturated rings. The molecule has 0 spiro atoms. The molecular weight excluding hydrogens is 402 g/mol. The first-order valence-electron chi connectivity index (χ1n) is 11.6. The second kappa shape index (κ2) is 10.3. The van der Waals surface area contributed by atoms with Gasteiger partial charge in [0.2, 0.25) is 11.8 Å². The maximum absolute atomic E-state index is 13.3. The maximum Gasteiger partial charge on any atom is 0.247 e. The van der Waals surface area contributed by atoms with E-state index in [-0.39, 0.29) is 17.7 Å². The fraction of sp³-hybridized carbons (Fsp3) is 0.462. The lowest BCUT2D eigenvalue weighted by Crippen LogP contribution is -2.50. The number of rotatable bonds is 6. The monoisotopic (exact) mass is 435 g/mol. The summed E-state index contributed by atoms with van der Waals surface area (Å²) >= 11 is 0. The van der Waals surface area contributed by atoms with Crippen molar-refractivity contribution in [3.63, 3.8) is 0 Å². The Hall–Kier alpha value is -2.70. The predicted octanol–water partition coefficient (Wildman–Crippen LogP) is 3.46. The maximum atomic E-state index is 13.3. The lowest BCUT2D eigenvalue weighted by molar-refractivity contribution is -0.140. The van der Waals surface area contributed by atoms with Gasteiger partial charge in [-0.15, -0.1) is 0 Å². The number of fused-ring (bicyclic) bond motifs is 1. The third-order valence-electron chi connectivity index (χ3n) is 6.16. The Morgan fingerprint density at radius 1 is 1.06 bits per heavy atom. The molecule has 170 valence electrons. The van der Waals surface area contributed by atoms with Crippen LogP contribution in [0.4, 0.5) is 5.69 Å². The molecule has 2 aromatic rings. The van der Waals surface area contributed by atoms with Crippen LogP contribution in [0.3, 0.4) is 0 Å². The Morgan fingerprint density at radius 2 is 1.81 bits per heavy atom. The quantitative estimate of drug-likeness (QED) is 0.755. The minimum absolute atomic E-state index is 0.0377. The average Bonchev–Trinajstić information content (AvgIpc) is 2.78. The highest BCUT2D eigenvalue weighted by Crippen LogP contribution is 2.26. The summed E-state index contributed by atoms with van der Waals surface area (Å²) in [6.07, 6.45) is 0.986. The summed E-state index contributed by atoms with van der Waals surface area (Å²) in [4.78, 5) is 30.5. The van der Waals surface area contributed by atoms with Crippen molar-refractivity contribution in [3.8, 4) is 0 Å². The third kappa shape index (κ3) is 5.56. The minimum Gasteiger partial charge on any atom is -0.379 e. The van der Waals surface area contributed by atoms with Crippen molar-refractivity contribution in [3.05, 3.63) is 65.2 Å². The van der Waals surface area contributed by atoms with Crippen molar-refractivity contribution in [1.29, 1.82) is 0 Å². The van der Waals surface area contributed by atoms with E-state index in [1.54, 1.807) is 4.90 Å². The number of nitrogens with zero attached hydrogens (tertiary/aromatic N) is 2. The second-order valence-corrected chi connectivity index (χ2v) is 9.19. The smallest absolute Gasteiger partial charge is 0.247 e. The van der Waals surface area contributed by atoms with Gasteiger partial charge in [0.15, 0.2) is 0 Å². The molecule has 2 heterocycles. The lowest BCUT2D eigenvalue weighted by Gasteiger charge is -2.36. The molecule has 1 saturated heterocycles. The van der Waals surface area contributed by atoms with Crippen LogP contribution in [0.2, 0.25) is 0 Å². The van der Waals surface area contributed by atoms with E-state index in [1.807, 2.05) is 50.2 Å². The number of nitrogens with one attached hydrogen (secondary N) is 1. The van der Waals surface area contributed by atoms with Gasteiger partial charge in [-0.05, 0) is 34.7 Å². The fourth-order valence-electron chi connectivity index (χ4n) is 4.48. The molecule has 1 unspecified atom stereocenters. The molecule has 0 saturated carbocycles. The van der Waals surface area contributed by atoms with E-state index in [9.17, 15) is 9.59 Å². The van der Waals surface area contributed by atoms with Crippen LogP contribution < -0.4 is 5.32 Å². The van der Waals surface area contributed by atoms with E-state index in [0.29, 0.717) is 19.4 Å². The molecule has 2 aliphatic heterocycles. The highest BCUT2D eigenvalue weighted by molar-refractivity contribution is 5.97. The van der Waals surface area contributed by atoms with Gasteiger partial charge in [0.1, 0.15) is 6.04 Å². The van der Waals surface area contributed by atoms with Gasteiger partial charge in [-0.2, -0.15) is 0 Å². The molecule has 0 radical (unpaired) electrons. The van der Waals surface area contributed by atoms with Gasteiger partial charge in [0.25, 0.3) is 0 Å². The van der Waals surface area contributed by atoms with Crippen LogP contribution in [0.1, 0.15) is 37.0 Å². The average molecular weight is 436 g/mol. The molecular formula is C26H33N3O3. The van der Waals surface area contributed by atoms with E-state index < -0.39 is 6.04 Å².